The van der Waals surface area contributed by atoms with Gasteiger partial charge in [0.05, 0.1) is 4.90 Å². The summed E-state index contributed by atoms with van der Waals surface area (Å²) in [5, 5.41) is 1.87. The van der Waals surface area contributed by atoms with Crippen LogP contribution in [0.1, 0.15) is 12.0 Å². The lowest BCUT2D eigenvalue weighted by Gasteiger charge is -2.26. The molecule has 0 saturated heterocycles. The third-order valence-electron chi connectivity index (χ3n) is 4.71. The van der Waals surface area contributed by atoms with Crippen molar-refractivity contribution < 1.29 is 13.2 Å². The van der Waals surface area contributed by atoms with Crippen LogP contribution in [0.25, 0.3) is 10.8 Å². The molecule has 1 N–H and O–H groups in total. The van der Waals surface area contributed by atoms with Gasteiger partial charge in [0.1, 0.15) is 0 Å². The number of amides is 1. The van der Waals surface area contributed by atoms with E-state index >= 15 is 0 Å². The van der Waals surface area contributed by atoms with Gasteiger partial charge in [-0.1, -0.05) is 30.3 Å². The number of benzene rings is 3. The lowest BCUT2D eigenvalue weighted by molar-refractivity contribution is -0.118. The van der Waals surface area contributed by atoms with Crippen molar-refractivity contribution in [2.45, 2.75) is 17.7 Å². The first-order valence-corrected chi connectivity index (χ1v) is 9.83. The number of fused-ring (bicyclic) bond motifs is 2. The summed E-state index contributed by atoms with van der Waals surface area (Å²) in [7, 11) is -1.95. The zero-order valence-electron chi connectivity index (χ0n) is 14.3. The molecule has 132 valence electrons. The zero-order chi connectivity index (χ0) is 18.3. The molecule has 3 aromatic rings. The summed E-state index contributed by atoms with van der Waals surface area (Å²) in [6.45, 7) is 0. The van der Waals surface area contributed by atoms with Crippen LogP contribution in [0.5, 0.6) is 0 Å². The molecule has 0 aromatic heterocycles. The Kier molecular flexibility index (Phi) is 3.92. The number of aryl methyl sites for hydroxylation is 1. The summed E-state index contributed by atoms with van der Waals surface area (Å²) < 4.78 is 28.2. The van der Waals surface area contributed by atoms with E-state index in [0.29, 0.717) is 18.5 Å². The molecule has 0 saturated carbocycles. The fourth-order valence-corrected chi connectivity index (χ4v) is 4.35. The van der Waals surface area contributed by atoms with E-state index in [1.807, 2.05) is 24.3 Å². The van der Waals surface area contributed by atoms with Crippen molar-refractivity contribution in [1.29, 1.82) is 0 Å². The second-order valence-corrected chi connectivity index (χ2v) is 8.09. The predicted octanol–water partition coefficient (Wildman–Crippen LogP) is 3.55. The monoisotopic (exact) mass is 366 g/mol. The Morgan fingerprint density at radius 1 is 0.923 bits per heavy atom. The van der Waals surface area contributed by atoms with Gasteiger partial charge in [0, 0.05) is 24.8 Å². The Morgan fingerprint density at radius 2 is 1.69 bits per heavy atom. The minimum atomic E-state index is -3.69. The van der Waals surface area contributed by atoms with Crippen LogP contribution in [-0.2, 0) is 21.2 Å². The number of rotatable bonds is 3. The van der Waals surface area contributed by atoms with Crippen molar-refractivity contribution in [3.8, 4) is 0 Å². The topological polar surface area (TPSA) is 66.5 Å². The Balaban J connectivity index is 1.66. The predicted molar refractivity (Wildman–Crippen MR) is 103 cm³/mol. The third kappa shape index (κ3) is 2.93. The number of sulfonamides is 1. The minimum Gasteiger partial charge on any atom is -0.315 e. The molecule has 0 unspecified atom stereocenters. The maximum atomic E-state index is 12.8. The van der Waals surface area contributed by atoms with Gasteiger partial charge in [-0.25, -0.2) is 8.42 Å². The van der Waals surface area contributed by atoms with E-state index in [2.05, 4.69) is 4.72 Å². The van der Waals surface area contributed by atoms with Crippen LogP contribution in [0, 0.1) is 0 Å². The Bertz CT molecular complexity index is 1120. The van der Waals surface area contributed by atoms with Gasteiger partial charge in [-0.05, 0) is 53.1 Å². The molecule has 1 aliphatic rings. The number of hydrogen-bond acceptors (Lipinski definition) is 3. The second-order valence-electron chi connectivity index (χ2n) is 6.41. The number of nitrogens with zero attached hydrogens (tertiary/aromatic N) is 1. The minimum absolute atomic E-state index is 0.0713. The average molecular weight is 366 g/mol. The number of carbonyl (C=O) groups is 1. The molecule has 1 aliphatic heterocycles. The van der Waals surface area contributed by atoms with E-state index in [1.165, 1.54) is 0 Å². The Labute approximate surface area is 152 Å². The number of nitrogens with one attached hydrogen (secondary N) is 1. The molecular formula is C20H18N2O3S. The SMILES string of the molecule is CN1C(=O)CCc2cc(NS(=O)(=O)c3ccc4ccccc4c3)ccc21. The molecule has 0 fully saturated rings. The van der Waals surface area contributed by atoms with E-state index in [9.17, 15) is 13.2 Å². The molecule has 0 atom stereocenters. The first-order valence-electron chi connectivity index (χ1n) is 8.35. The fourth-order valence-electron chi connectivity index (χ4n) is 3.27. The highest BCUT2D eigenvalue weighted by Crippen LogP contribution is 2.30. The van der Waals surface area contributed by atoms with Crippen LogP contribution < -0.4 is 9.62 Å². The molecule has 1 amide bonds. The quantitative estimate of drug-likeness (QED) is 0.771. The van der Waals surface area contributed by atoms with Crippen LogP contribution in [-0.4, -0.2) is 21.4 Å². The third-order valence-corrected chi connectivity index (χ3v) is 6.09. The summed E-state index contributed by atoms with van der Waals surface area (Å²) >= 11 is 0. The Morgan fingerprint density at radius 3 is 2.50 bits per heavy atom. The molecule has 0 spiro atoms. The van der Waals surface area contributed by atoms with Crippen molar-refractivity contribution in [2.75, 3.05) is 16.7 Å². The molecule has 26 heavy (non-hydrogen) atoms. The lowest BCUT2D eigenvalue weighted by atomic mass is 10.0. The molecule has 1 heterocycles. The van der Waals surface area contributed by atoms with E-state index < -0.39 is 10.0 Å². The van der Waals surface area contributed by atoms with Crippen LogP contribution >= 0.6 is 0 Å². The van der Waals surface area contributed by atoms with Crippen molar-refractivity contribution in [1.82, 2.24) is 0 Å². The molecular weight excluding hydrogens is 348 g/mol. The highest BCUT2D eigenvalue weighted by molar-refractivity contribution is 7.92. The van der Waals surface area contributed by atoms with E-state index in [0.717, 1.165) is 22.0 Å². The van der Waals surface area contributed by atoms with Gasteiger partial charge in [0.2, 0.25) is 5.91 Å². The molecule has 0 bridgehead atoms. The van der Waals surface area contributed by atoms with Gasteiger partial charge in [-0.2, -0.15) is 0 Å². The second kappa shape index (κ2) is 6.14. The first kappa shape index (κ1) is 16.6. The standard InChI is InChI=1S/C20H18N2O3S/c1-22-19-10-8-17(12-16(19)7-11-20(22)23)21-26(24,25)18-9-6-14-4-2-3-5-15(14)13-18/h2-6,8-10,12-13,21H,7,11H2,1H3. The smallest absolute Gasteiger partial charge is 0.261 e. The molecule has 3 aromatic carbocycles. The van der Waals surface area contributed by atoms with E-state index in [1.54, 1.807) is 48.3 Å². The fraction of sp³-hybridized carbons (Fsp3) is 0.150. The summed E-state index contributed by atoms with van der Waals surface area (Å²) in [4.78, 5) is 13.6. The first-order chi connectivity index (χ1) is 12.4. The summed E-state index contributed by atoms with van der Waals surface area (Å²) in [6, 6.07) is 18.0. The molecule has 4 rings (SSSR count). The number of hydrogen-bond donors (Lipinski definition) is 1. The molecule has 0 radical (unpaired) electrons. The number of carbonyl (C=O) groups excluding carboxylic acids is 1. The van der Waals surface area contributed by atoms with Gasteiger partial charge in [-0.15, -0.1) is 0 Å². The van der Waals surface area contributed by atoms with Gasteiger partial charge in [-0.3, -0.25) is 9.52 Å². The van der Waals surface area contributed by atoms with Crippen LogP contribution in [0.2, 0.25) is 0 Å². The lowest BCUT2D eigenvalue weighted by Crippen LogP contribution is -2.31. The van der Waals surface area contributed by atoms with Crippen LogP contribution in [0.4, 0.5) is 11.4 Å². The zero-order valence-corrected chi connectivity index (χ0v) is 15.1. The molecule has 0 aliphatic carbocycles. The number of anilines is 2. The summed E-state index contributed by atoms with van der Waals surface area (Å²) in [5.41, 5.74) is 2.29. The molecule has 6 heteroatoms. The Hall–Kier alpha value is -2.86. The highest BCUT2D eigenvalue weighted by atomic mass is 32.2. The van der Waals surface area contributed by atoms with Gasteiger partial charge >= 0.3 is 0 Å². The normalized spacial score (nSPS) is 14.3. The maximum absolute atomic E-state index is 12.8. The summed E-state index contributed by atoms with van der Waals surface area (Å²) in [5.74, 6) is 0.0713. The average Bonchev–Trinajstić information content (AvgIpc) is 2.64. The van der Waals surface area contributed by atoms with Gasteiger partial charge < -0.3 is 4.90 Å². The van der Waals surface area contributed by atoms with Crippen molar-refractivity contribution in [3.63, 3.8) is 0 Å². The van der Waals surface area contributed by atoms with Gasteiger partial charge in [0.25, 0.3) is 10.0 Å². The van der Waals surface area contributed by atoms with Crippen molar-refractivity contribution >= 4 is 38.1 Å². The van der Waals surface area contributed by atoms with Gasteiger partial charge in [0.15, 0.2) is 0 Å². The van der Waals surface area contributed by atoms with Crippen molar-refractivity contribution in [2.24, 2.45) is 0 Å². The van der Waals surface area contributed by atoms with E-state index in [-0.39, 0.29) is 10.8 Å². The summed E-state index contributed by atoms with van der Waals surface area (Å²) in [6.07, 6.45) is 1.05. The highest BCUT2D eigenvalue weighted by Gasteiger charge is 2.22. The maximum Gasteiger partial charge on any atom is 0.261 e. The van der Waals surface area contributed by atoms with Crippen molar-refractivity contribution in [3.05, 3.63) is 66.2 Å². The van der Waals surface area contributed by atoms with E-state index in [4.69, 9.17) is 0 Å². The van der Waals surface area contributed by atoms with Crippen LogP contribution in [0.3, 0.4) is 0 Å². The molecule has 5 nitrogen and oxygen atoms in total. The van der Waals surface area contributed by atoms with Crippen LogP contribution in [0.15, 0.2) is 65.6 Å². The largest absolute Gasteiger partial charge is 0.315 e.